The topological polar surface area (TPSA) is 72.8 Å². The van der Waals surface area contributed by atoms with Crippen LogP contribution in [0.1, 0.15) is 12.5 Å². The Morgan fingerprint density at radius 3 is 3.00 bits per heavy atom. The SMILES string of the molecule is CC(C#N)C(=O)Nc1cccc(C=CC[O])c1. The molecule has 4 heteroatoms. The molecule has 0 aliphatic rings. The third kappa shape index (κ3) is 4.09. The molecule has 0 fully saturated rings. The lowest BCUT2D eigenvalue weighted by Crippen LogP contribution is -2.18. The standard InChI is InChI=1S/C13H13N2O2/c1-10(9-14)13(17)15-12-6-2-4-11(8-12)5-3-7-16/h2-6,8,10H,7H2,1H3,(H,15,17). The number of anilines is 1. The maximum Gasteiger partial charge on any atom is 0.241 e. The summed E-state index contributed by atoms with van der Waals surface area (Å²) in [6.45, 7) is 1.26. The molecule has 1 unspecified atom stereocenters. The highest BCUT2D eigenvalue weighted by Gasteiger charge is 2.11. The Labute approximate surface area is 100 Å². The van der Waals surface area contributed by atoms with E-state index in [0.717, 1.165) is 5.56 Å². The number of amides is 1. The highest BCUT2D eigenvalue weighted by molar-refractivity contribution is 5.94. The second-order valence-corrected chi connectivity index (χ2v) is 3.53. The molecule has 0 aliphatic heterocycles. The van der Waals surface area contributed by atoms with E-state index in [0.29, 0.717) is 5.69 Å². The Kier molecular flexibility index (Phi) is 4.92. The van der Waals surface area contributed by atoms with Gasteiger partial charge in [0.25, 0.3) is 0 Å². The van der Waals surface area contributed by atoms with Crippen molar-refractivity contribution in [3.8, 4) is 6.07 Å². The third-order valence-electron chi connectivity index (χ3n) is 2.15. The number of hydrogen-bond acceptors (Lipinski definition) is 2. The summed E-state index contributed by atoms with van der Waals surface area (Å²) < 4.78 is 0. The molecule has 0 aliphatic carbocycles. The number of nitriles is 1. The minimum absolute atomic E-state index is 0.276. The number of carbonyl (C=O) groups excluding carboxylic acids is 1. The Hall–Kier alpha value is -2.12. The van der Waals surface area contributed by atoms with Crippen molar-refractivity contribution in [1.29, 1.82) is 5.26 Å². The molecule has 1 amide bonds. The van der Waals surface area contributed by atoms with Gasteiger partial charge in [0.1, 0.15) is 12.5 Å². The van der Waals surface area contributed by atoms with Crippen LogP contribution < -0.4 is 5.32 Å². The van der Waals surface area contributed by atoms with Crippen LogP contribution in [0.15, 0.2) is 30.3 Å². The largest absolute Gasteiger partial charge is 0.325 e. The molecule has 1 atom stereocenters. The third-order valence-corrected chi connectivity index (χ3v) is 2.15. The van der Waals surface area contributed by atoms with E-state index < -0.39 is 5.92 Å². The van der Waals surface area contributed by atoms with Crippen LogP contribution in [0.3, 0.4) is 0 Å². The number of benzene rings is 1. The summed E-state index contributed by atoms with van der Waals surface area (Å²) in [5.41, 5.74) is 1.45. The lowest BCUT2D eigenvalue weighted by molar-refractivity contribution is -0.117. The van der Waals surface area contributed by atoms with Crippen LogP contribution in [0.4, 0.5) is 5.69 Å². The Bertz CT molecular complexity index is 461. The normalized spacial score (nSPS) is 12.1. The molecule has 1 N–H and O–H groups in total. The van der Waals surface area contributed by atoms with Gasteiger partial charge in [-0.15, -0.1) is 0 Å². The van der Waals surface area contributed by atoms with Crippen molar-refractivity contribution < 1.29 is 9.90 Å². The van der Waals surface area contributed by atoms with Crippen molar-refractivity contribution in [2.75, 3.05) is 11.9 Å². The van der Waals surface area contributed by atoms with Crippen LogP contribution in [-0.2, 0) is 9.90 Å². The van der Waals surface area contributed by atoms with Gasteiger partial charge >= 0.3 is 0 Å². The first-order chi connectivity index (χ1) is 8.17. The summed E-state index contributed by atoms with van der Waals surface area (Å²) in [5, 5.41) is 21.5. The average Bonchev–Trinajstić information content (AvgIpc) is 2.35. The van der Waals surface area contributed by atoms with Crippen molar-refractivity contribution in [2.45, 2.75) is 6.92 Å². The smallest absolute Gasteiger partial charge is 0.241 e. The van der Waals surface area contributed by atoms with E-state index in [-0.39, 0.29) is 12.5 Å². The first-order valence-electron chi connectivity index (χ1n) is 5.22. The fourth-order valence-corrected chi connectivity index (χ4v) is 1.21. The van der Waals surface area contributed by atoms with Gasteiger partial charge in [-0.05, 0) is 24.6 Å². The quantitative estimate of drug-likeness (QED) is 0.859. The van der Waals surface area contributed by atoms with Gasteiger partial charge in [-0.3, -0.25) is 4.79 Å². The molecule has 0 saturated carbocycles. The molecule has 1 radical (unpaired) electrons. The minimum atomic E-state index is -0.684. The van der Waals surface area contributed by atoms with E-state index in [4.69, 9.17) is 5.26 Å². The fraction of sp³-hybridized carbons (Fsp3) is 0.231. The van der Waals surface area contributed by atoms with E-state index in [1.807, 2.05) is 12.1 Å². The molecular formula is C13H13N2O2. The van der Waals surface area contributed by atoms with Crippen molar-refractivity contribution in [1.82, 2.24) is 0 Å². The first-order valence-corrected chi connectivity index (χ1v) is 5.22. The molecule has 0 heterocycles. The van der Waals surface area contributed by atoms with Crippen molar-refractivity contribution in [3.63, 3.8) is 0 Å². The predicted octanol–water partition coefficient (Wildman–Crippen LogP) is 2.23. The van der Waals surface area contributed by atoms with Crippen molar-refractivity contribution >= 4 is 17.7 Å². The van der Waals surface area contributed by atoms with Crippen molar-refractivity contribution in [3.05, 3.63) is 35.9 Å². The molecule has 0 aromatic heterocycles. The molecule has 4 nitrogen and oxygen atoms in total. The highest BCUT2D eigenvalue weighted by atomic mass is 16.2. The monoisotopic (exact) mass is 229 g/mol. The van der Waals surface area contributed by atoms with E-state index in [1.54, 1.807) is 24.3 Å². The van der Waals surface area contributed by atoms with Crippen LogP contribution in [0, 0.1) is 17.2 Å². The molecule has 1 aromatic carbocycles. The van der Waals surface area contributed by atoms with Gasteiger partial charge in [-0.2, -0.15) is 5.26 Å². The molecule has 17 heavy (non-hydrogen) atoms. The van der Waals surface area contributed by atoms with Gasteiger partial charge in [0.05, 0.1) is 6.07 Å². The van der Waals surface area contributed by atoms with Crippen LogP contribution >= 0.6 is 0 Å². The van der Waals surface area contributed by atoms with Crippen LogP contribution in [0.5, 0.6) is 0 Å². The zero-order valence-electron chi connectivity index (χ0n) is 9.51. The van der Waals surface area contributed by atoms with Gasteiger partial charge in [0.2, 0.25) is 5.91 Å². The minimum Gasteiger partial charge on any atom is -0.325 e. The number of carbonyl (C=O) groups is 1. The molecular weight excluding hydrogens is 216 g/mol. The summed E-state index contributed by atoms with van der Waals surface area (Å²) in [6.07, 6.45) is 3.19. The summed E-state index contributed by atoms with van der Waals surface area (Å²) in [5.74, 6) is -1.02. The van der Waals surface area contributed by atoms with E-state index >= 15 is 0 Å². The van der Waals surface area contributed by atoms with Crippen LogP contribution in [-0.4, -0.2) is 12.5 Å². The van der Waals surface area contributed by atoms with Gasteiger partial charge in [0.15, 0.2) is 0 Å². The fourth-order valence-electron chi connectivity index (χ4n) is 1.21. The van der Waals surface area contributed by atoms with Gasteiger partial charge in [0, 0.05) is 5.69 Å². The summed E-state index contributed by atoms with van der Waals surface area (Å²) in [6, 6.07) is 8.95. The summed E-state index contributed by atoms with van der Waals surface area (Å²) in [4.78, 5) is 11.5. The maximum atomic E-state index is 11.5. The molecule has 1 rings (SSSR count). The Morgan fingerprint density at radius 1 is 1.59 bits per heavy atom. The van der Waals surface area contributed by atoms with Gasteiger partial charge in [-0.25, -0.2) is 5.11 Å². The lowest BCUT2D eigenvalue weighted by atomic mass is 10.1. The molecule has 1 aromatic rings. The molecule has 0 spiro atoms. The highest BCUT2D eigenvalue weighted by Crippen LogP contribution is 2.13. The van der Waals surface area contributed by atoms with Gasteiger partial charge in [-0.1, -0.05) is 24.3 Å². The number of hydrogen-bond donors (Lipinski definition) is 1. The number of nitrogens with zero attached hydrogens (tertiary/aromatic N) is 1. The maximum absolute atomic E-state index is 11.5. The second-order valence-electron chi connectivity index (χ2n) is 3.53. The second kappa shape index (κ2) is 6.46. The van der Waals surface area contributed by atoms with Crippen LogP contribution in [0.25, 0.3) is 6.08 Å². The zero-order valence-corrected chi connectivity index (χ0v) is 9.51. The van der Waals surface area contributed by atoms with Crippen LogP contribution in [0.2, 0.25) is 0 Å². The zero-order chi connectivity index (χ0) is 12.7. The predicted molar refractivity (Wildman–Crippen MR) is 64.4 cm³/mol. The van der Waals surface area contributed by atoms with E-state index in [1.165, 1.54) is 13.0 Å². The molecule has 0 bridgehead atoms. The Morgan fingerprint density at radius 2 is 2.35 bits per heavy atom. The van der Waals surface area contributed by atoms with E-state index in [2.05, 4.69) is 5.32 Å². The average molecular weight is 229 g/mol. The molecule has 0 saturated heterocycles. The Balaban J connectivity index is 2.76. The summed E-state index contributed by atoms with van der Waals surface area (Å²) >= 11 is 0. The number of nitrogens with one attached hydrogen (secondary N) is 1. The summed E-state index contributed by atoms with van der Waals surface area (Å²) in [7, 11) is 0. The lowest BCUT2D eigenvalue weighted by Gasteiger charge is -2.06. The van der Waals surface area contributed by atoms with Gasteiger partial charge < -0.3 is 5.32 Å². The molecule has 87 valence electrons. The number of rotatable bonds is 4. The first kappa shape index (κ1) is 12.9. The van der Waals surface area contributed by atoms with E-state index in [9.17, 15) is 9.90 Å². The van der Waals surface area contributed by atoms with Crippen molar-refractivity contribution in [2.24, 2.45) is 5.92 Å².